The quantitative estimate of drug-likeness (QED) is 0.852. The van der Waals surface area contributed by atoms with Crippen LogP contribution in [0.15, 0.2) is 30.3 Å². The van der Waals surface area contributed by atoms with E-state index >= 15 is 0 Å². The number of hydrogen-bond acceptors (Lipinski definition) is 2. The number of carbonyl (C=O) groups excluding carboxylic acids is 1. The largest absolute Gasteiger partial charge is 0.356 e. The zero-order chi connectivity index (χ0) is 12.8. The maximum atomic E-state index is 12.0. The van der Waals surface area contributed by atoms with Gasteiger partial charge in [0.2, 0.25) is 5.91 Å². The lowest BCUT2D eigenvalue weighted by molar-refractivity contribution is -0.125. The molecule has 1 aromatic carbocycles. The van der Waals surface area contributed by atoms with Crippen molar-refractivity contribution in [1.29, 1.82) is 0 Å². The van der Waals surface area contributed by atoms with Gasteiger partial charge in [-0.1, -0.05) is 37.3 Å². The topological polar surface area (TPSA) is 41.1 Å². The number of piperidine rings is 1. The molecule has 2 atom stereocenters. The molecule has 98 valence electrons. The van der Waals surface area contributed by atoms with Crippen LogP contribution >= 0.6 is 0 Å². The Bertz CT molecular complexity index is 377. The first-order valence-electron chi connectivity index (χ1n) is 6.84. The number of benzene rings is 1. The van der Waals surface area contributed by atoms with Gasteiger partial charge in [0.25, 0.3) is 0 Å². The number of carbonyl (C=O) groups is 1. The molecule has 0 unspecified atom stereocenters. The summed E-state index contributed by atoms with van der Waals surface area (Å²) in [6, 6.07) is 10.5. The maximum absolute atomic E-state index is 12.0. The minimum Gasteiger partial charge on any atom is -0.356 e. The van der Waals surface area contributed by atoms with Crippen LogP contribution in [0, 0.1) is 5.92 Å². The minimum absolute atomic E-state index is 0.107. The predicted molar refractivity (Wildman–Crippen MR) is 73.5 cm³/mol. The Morgan fingerprint density at radius 3 is 2.83 bits per heavy atom. The van der Waals surface area contributed by atoms with Gasteiger partial charge in [-0.05, 0) is 24.3 Å². The van der Waals surface area contributed by atoms with Crippen LogP contribution in [0.2, 0.25) is 0 Å². The van der Waals surface area contributed by atoms with E-state index in [-0.39, 0.29) is 11.8 Å². The van der Waals surface area contributed by atoms with Crippen LogP contribution in [0.25, 0.3) is 0 Å². The molecular weight excluding hydrogens is 224 g/mol. The van der Waals surface area contributed by atoms with Crippen molar-refractivity contribution < 1.29 is 4.79 Å². The highest BCUT2D eigenvalue weighted by Crippen LogP contribution is 2.26. The van der Waals surface area contributed by atoms with E-state index in [9.17, 15) is 4.79 Å². The van der Waals surface area contributed by atoms with Crippen LogP contribution < -0.4 is 10.6 Å². The van der Waals surface area contributed by atoms with Crippen molar-refractivity contribution in [2.75, 3.05) is 19.6 Å². The molecule has 1 fully saturated rings. The summed E-state index contributed by atoms with van der Waals surface area (Å²) in [5.74, 6) is 0.762. The second-order valence-corrected chi connectivity index (χ2v) is 4.99. The molecule has 3 nitrogen and oxygen atoms in total. The molecule has 0 radical (unpaired) electrons. The van der Waals surface area contributed by atoms with E-state index in [0.717, 1.165) is 32.5 Å². The number of hydrogen-bond donors (Lipinski definition) is 2. The van der Waals surface area contributed by atoms with Crippen LogP contribution in [-0.4, -0.2) is 25.5 Å². The van der Waals surface area contributed by atoms with E-state index in [1.165, 1.54) is 5.56 Å². The van der Waals surface area contributed by atoms with Gasteiger partial charge in [0.15, 0.2) is 0 Å². The summed E-state index contributed by atoms with van der Waals surface area (Å²) in [5.41, 5.74) is 1.33. The summed E-state index contributed by atoms with van der Waals surface area (Å²) in [4.78, 5) is 12.0. The molecule has 0 saturated carbocycles. The Hall–Kier alpha value is -1.35. The lowest BCUT2D eigenvalue weighted by Crippen LogP contribution is -2.43. The van der Waals surface area contributed by atoms with Gasteiger partial charge < -0.3 is 10.6 Å². The van der Waals surface area contributed by atoms with Gasteiger partial charge >= 0.3 is 0 Å². The van der Waals surface area contributed by atoms with Crippen molar-refractivity contribution in [3.63, 3.8) is 0 Å². The Labute approximate surface area is 109 Å². The fourth-order valence-electron chi connectivity index (χ4n) is 2.51. The maximum Gasteiger partial charge on any atom is 0.224 e. The standard InChI is InChI=1S/C15H22N2O/c1-2-8-17-15(18)14-9-13(10-16-11-14)12-6-4-3-5-7-12/h3-7,13-14,16H,2,8-11H2,1H3,(H,17,18)/t13-,14+/m1/s1. The first kappa shape index (κ1) is 13.1. The highest BCUT2D eigenvalue weighted by Gasteiger charge is 2.27. The van der Waals surface area contributed by atoms with Crippen molar-refractivity contribution in [3.8, 4) is 0 Å². The molecule has 1 aliphatic heterocycles. The third-order valence-corrected chi connectivity index (χ3v) is 3.54. The summed E-state index contributed by atoms with van der Waals surface area (Å²) in [5, 5.41) is 6.38. The fourth-order valence-corrected chi connectivity index (χ4v) is 2.51. The fraction of sp³-hybridized carbons (Fsp3) is 0.533. The lowest BCUT2D eigenvalue weighted by Gasteiger charge is -2.29. The number of amides is 1. The summed E-state index contributed by atoms with van der Waals surface area (Å²) in [6.07, 6.45) is 1.95. The predicted octanol–water partition coefficient (Wildman–Crippen LogP) is 1.91. The minimum atomic E-state index is 0.107. The van der Waals surface area contributed by atoms with Gasteiger partial charge in [-0.25, -0.2) is 0 Å². The van der Waals surface area contributed by atoms with E-state index in [1.54, 1.807) is 0 Å². The third-order valence-electron chi connectivity index (χ3n) is 3.54. The summed E-state index contributed by atoms with van der Waals surface area (Å²) >= 11 is 0. The average molecular weight is 246 g/mol. The molecule has 0 spiro atoms. The molecular formula is C15H22N2O. The average Bonchev–Trinajstić information content (AvgIpc) is 2.46. The monoisotopic (exact) mass is 246 g/mol. The van der Waals surface area contributed by atoms with Crippen LogP contribution in [0.3, 0.4) is 0 Å². The number of rotatable bonds is 4. The Balaban J connectivity index is 1.94. The molecule has 1 aliphatic rings. The molecule has 0 aliphatic carbocycles. The SMILES string of the molecule is CCCNC(=O)[C@@H]1CNC[C@H](c2ccccc2)C1. The molecule has 1 aromatic rings. The smallest absolute Gasteiger partial charge is 0.224 e. The molecule has 1 saturated heterocycles. The number of nitrogens with one attached hydrogen (secondary N) is 2. The van der Waals surface area contributed by atoms with E-state index in [1.807, 2.05) is 6.07 Å². The highest BCUT2D eigenvalue weighted by molar-refractivity contribution is 5.79. The van der Waals surface area contributed by atoms with E-state index in [0.29, 0.717) is 5.92 Å². The molecule has 18 heavy (non-hydrogen) atoms. The second kappa shape index (κ2) is 6.55. The summed E-state index contributed by atoms with van der Waals surface area (Å²) < 4.78 is 0. The third kappa shape index (κ3) is 3.33. The van der Waals surface area contributed by atoms with E-state index in [4.69, 9.17) is 0 Å². The van der Waals surface area contributed by atoms with Crippen LogP contribution in [0.4, 0.5) is 0 Å². The summed E-state index contributed by atoms with van der Waals surface area (Å²) in [7, 11) is 0. The van der Waals surface area contributed by atoms with Gasteiger partial charge in [0.05, 0.1) is 5.92 Å². The van der Waals surface area contributed by atoms with Gasteiger partial charge in [0, 0.05) is 19.6 Å². The van der Waals surface area contributed by atoms with Crippen molar-refractivity contribution in [1.82, 2.24) is 10.6 Å². The molecule has 3 heteroatoms. The van der Waals surface area contributed by atoms with Crippen LogP contribution in [0.5, 0.6) is 0 Å². The van der Waals surface area contributed by atoms with Crippen LogP contribution in [0.1, 0.15) is 31.2 Å². The summed E-state index contributed by atoms with van der Waals surface area (Å²) in [6.45, 7) is 4.64. The second-order valence-electron chi connectivity index (χ2n) is 4.99. The Kier molecular flexibility index (Phi) is 4.76. The van der Waals surface area contributed by atoms with Gasteiger partial charge in [-0.3, -0.25) is 4.79 Å². The van der Waals surface area contributed by atoms with E-state index < -0.39 is 0 Å². The molecule has 2 N–H and O–H groups in total. The zero-order valence-electron chi connectivity index (χ0n) is 11.0. The molecule has 0 aromatic heterocycles. The molecule has 2 rings (SSSR count). The molecule has 1 heterocycles. The van der Waals surface area contributed by atoms with Gasteiger partial charge in [0.1, 0.15) is 0 Å². The highest BCUT2D eigenvalue weighted by atomic mass is 16.1. The van der Waals surface area contributed by atoms with E-state index in [2.05, 4.69) is 41.8 Å². The van der Waals surface area contributed by atoms with Gasteiger partial charge in [-0.2, -0.15) is 0 Å². The Morgan fingerprint density at radius 2 is 2.11 bits per heavy atom. The first-order chi connectivity index (χ1) is 8.81. The normalized spacial score (nSPS) is 23.6. The van der Waals surface area contributed by atoms with Crippen molar-refractivity contribution >= 4 is 5.91 Å². The van der Waals surface area contributed by atoms with Crippen molar-refractivity contribution in [2.45, 2.75) is 25.7 Å². The Morgan fingerprint density at radius 1 is 1.33 bits per heavy atom. The lowest BCUT2D eigenvalue weighted by atomic mass is 9.85. The van der Waals surface area contributed by atoms with Crippen LogP contribution in [-0.2, 0) is 4.79 Å². The molecule has 1 amide bonds. The van der Waals surface area contributed by atoms with Crippen molar-refractivity contribution in [3.05, 3.63) is 35.9 Å². The van der Waals surface area contributed by atoms with Gasteiger partial charge in [-0.15, -0.1) is 0 Å². The zero-order valence-corrected chi connectivity index (χ0v) is 11.0. The molecule has 0 bridgehead atoms. The first-order valence-corrected chi connectivity index (χ1v) is 6.84. The van der Waals surface area contributed by atoms with Crippen molar-refractivity contribution in [2.24, 2.45) is 5.92 Å².